The largest absolute Gasteiger partial charge is 0.522 e. The van der Waals surface area contributed by atoms with Crippen molar-refractivity contribution >= 4 is 17.2 Å². The Balaban J connectivity index is 1.41. The molecule has 0 saturated carbocycles. The zero-order chi connectivity index (χ0) is 22.8. The highest BCUT2D eigenvalue weighted by Gasteiger charge is 2.53. The molecule has 2 unspecified atom stereocenters. The fourth-order valence-corrected chi connectivity index (χ4v) is 4.54. The van der Waals surface area contributed by atoms with Crippen LogP contribution in [-0.2, 0) is 19.8 Å². The van der Waals surface area contributed by atoms with Gasteiger partial charge in [-0.3, -0.25) is 9.53 Å². The molecular formula is C19H20F3N3O6S. The van der Waals surface area contributed by atoms with Crippen molar-refractivity contribution in [1.29, 1.82) is 0 Å². The van der Waals surface area contributed by atoms with E-state index in [2.05, 4.69) is 14.7 Å². The Morgan fingerprint density at radius 1 is 1.38 bits per heavy atom. The van der Waals surface area contributed by atoms with Gasteiger partial charge in [-0.05, 0) is 12.1 Å². The number of pyridine rings is 1. The van der Waals surface area contributed by atoms with Crippen LogP contribution in [0, 0.1) is 0 Å². The van der Waals surface area contributed by atoms with Gasteiger partial charge in [0, 0.05) is 24.5 Å². The Bertz CT molecular complexity index is 945. The highest BCUT2D eigenvalue weighted by Crippen LogP contribution is 2.43. The molecule has 0 N–H and O–H groups in total. The molecule has 2 saturated heterocycles. The number of methoxy groups -OCH3 is 1. The van der Waals surface area contributed by atoms with Gasteiger partial charge in [0.05, 0.1) is 20.3 Å². The fourth-order valence-electron chi connectivity index (χ4n) is 3.67. The van der Waals surface area contributed by atoms with Crippen LogP contribution in [0.4, 0.5) is 13.2 Å². The maximum Gasteiger partial charge on any atom is 0.522 e. The van der Waals surface area contributed by atoms with E-state index in [1.165, 1.54) is 30.6 Å². The van der Waals surface area contributed by atoms with Gasteiger partial charge < -0.3 is 23.8 Å². The van der Waals surface area contributed by atoms with Crippen LogP contribution >= 0.6 is 11.3 Å². The zero-order valence-corrected chi connectivity index (χ0v) is 17.8. The van der Waals surface area contributed by atoms with Gasteiger partial charge in [-0.2, -0.15) is 0 Å². The number of fused-ring (bicyclic) bond motifs is 1. The molecule has 2 fully saturated rings. The number of carbonyl (C=O) groups excluding carboxylic acids is 1. The highest BCUT2D eigenvalue weighted by molar-refractivity contribution is 7.09. The minimum Gasteiger partial charge on any atom is -0.486 e. The maximum atomic E-state index is 13.0. The first-order valence-corrected chi connectivity index (χ1v) is 10.5. The van der Waals surface area contributed by atoms with Crippen LogP contribution in [0.15, 0.2) is 23.7 Å². The molecular weight excluding hydrogens is 455 g/mol. The fraction of sp³-hybridized carbons (Fsp3) is 0.526. The molecule has 4 rings (SSSR count). The molecule has 1 amide bonds. The van der Waals surface area contributed by atoms with Crippen molar-refractivity contribution in [2.24, 2.45) is 0 Å². The van der Waals surface area contributed by atoms with Crippen LogP contribution in [0.3, 0.4) is 0 Å². The normalized spacial score (nSPS) is 23.1. The van der Waals surface area contributed by atoms with E-state index in [9.17, 15) is 18.0 Å². The molecule has 2 atom stereocenters. The Labute approximate surface area is 185 Å². The topological polar surface area (TPSA) is 92.2 Å². The van der Waals surface area contributed by atoms with Crippen molar-refractivity contribution in [2.75, 3.05) is 40.2 Å². The first-order valence-electron chi connectivity index (χ1n) is 9.66. The van der Waals surface area contributed by atoms with Crippen molar-refractivity contribution in [3.05, 3.63) is 34.4 Å². The summed E-state index contributed by atoms with van der Waals surface area (Å²) < 4.78 is 61.8. The molecule has 174 valence electrons. The third kappa shape index (κ3) is 4.65. The lowest BCUT2D eigenvalue weighted by Crippen LogP contribution is -2.53. The number of hydrogen-bond acceptors (Lipinski definition) is 9. The number of thiazole rings is 1. The van der Waals surface area contributed by atoms with E-state index in [-0.39, 0.29) is 42.7 Å². The Hall–Kier alpha value is -2.48. The lowest BCUT2D eigenvalue weighted by molar-refractivity contribution is -0.325. The summed E-state index contributed by atoms with van der Waals surface area (Å²) >= 11 is 1.48. The molecule has 0 radical (unpaired) electrons. The van der Waals surface area contributed by atoms with E-state index < -0.39 is 18.6 Å². The van der Waals surface area contributed by atoms with Crippen molar-refractivity contribution in [2.45, 2.75) is 24.5 Å². The molecule has 2 aromatic heterocycles. The molecule has 2 aromatic rings. The summed E-state index contributed by atoms with van der Waals surface area (Å²) in [5, 5.41) is 2.69. The SMILES string of the molecule is COc1nc(C(=O)N2CCC3(c4nccs4)OCOC3C2)ccc1OCCOC(F)(F)F. The molecule has 0 aliphatic carbocycles. The first-order chi connectivity index (χ1) is 15.3. The number of alkyl halides is 3. The van der Waals surface area contributed by atoms with Crippen LogP contribution in [0.2, 0.25) is 0 Å². The van der Waals surface area contributed by atoms with Crippen molar-refractivity contribution in [3.8, 4) is 11.6 Å². The predicted octanol–water partition coefficient (Wildman–Crippen LogP) is 2.58. The van der Waals surface area contributed by atoms with E-state index >= 15 is 0 Å². The van der Waals surface area contributed by atoms with E-state index in [1.54, 1.807) is 11.1 Å². The summed E-state index contributed by atoms with van der Waals surface area (Å²) in [5.74, 6) is -0.250. The summed E-state index contributed by atoms with van der Waals surface area (Å²) in [6.07, 6.45) is -2.86. The van der Waals surface area contributed by atoms with Crippen LogP contribution < -0.4 is 9.47 Å². The molecule has 2 aliphatic rings. The Morgan fingerprint density at radius 3 is 2.94 bits per heavy atom. The Kier molecular flexibility index (Phi) is 6.51. The van der Waals surface area contributed by atoms with Crippen molar-refractivity contribution < 1.29 is 41.7 Å². The summed E-state index contributed by atoms with van der Waals surface area (Å²) in [5.41, 5.74) is -0.548. The van der Waals surface area contributed by atoms with Gasteiger partial charge in [0.15, 0.2) is 11.4 Å². The maximum absolute atomic E-state index is 13.0. The molecule has 0 spiro atoms. The van der Waals surface area contributed by atoms with Crippen LogP contribution in [-0.4, -0.2) is 73.4 Å². The molecule has 13 heteroatoms. The number of aromatic nitrogens is 2. The van der Waals surface area contributed by atoms with Crippen LogP contribution in [0.1, 0.15) is 21.9 Å². The first kappa shape index (κ1) is 22.7. The molecule has 9 nitrogen and oxygen atoms in total. The number of carbonyl (C=O) groups is 1. The highest BCUT2D eigenvalue weighted by atomic mass is 32.1. The lowest BCUT2D eigenvalue weighted by Gasteiger charge is -2.40. The van der Waals surface area contributed by atoms with Gasteiger partial charge in [-0.25, -0.2) is 9.97 Å². The molecule has 4 heterocycles. The van der Waals surface area contributed by atoms with Crippen LogP contribution in [0.5, 0.6) is 11.6 Å². The molecule has 0 aromatic carbocycles. The molecule has 32 heavy (non-hydrogen) atoms. The van der Waals surface area contributed by atoms with Gasteiger partial charge in [-0.15, -0.1) is 24.5 Å². The second-order valence-corrected chi connectivity index (χ2v) is 7.89. The summed E-state index contributed by atoms with van der Waals surface area (Å²) in [4.78, 5) is 23.2. The van der Waals surface area contributed by atoms with Gasteiger partial charge in [0.25, 0.3) is 11.8 Å². The minimum absolute atomic E-state index is 0.0162. The van der Waals surface area contributed by atoms with Crippen molar-refractivity contribution in [3.63, 3.8) is 0 Å². The number of likely N-dealkylation sites (tertiary alicyclic amines) is 1. The van der Waals surface area contributed by atoms with E-state index in [4.69, 9.17) is 18.9 Å². The van der Waals surface area contributed by atoms with E-state index in [0.29, 0.717) is 19.5 Å². The monoisotopic (exact) mass is 475 g/mol. The van der Waals surface area contributed by atoms with Crippen molar-refractivity contribution in [1.82, 2.24) is 14.9 Å². The summed E-state index contributed by atoms with van der Waals surface area (Å²) in [6, 6.07) is 2.85. The number of ether oxygens (including phenoxy) is 5. The lowest BCUT2D eigenvalue weighted by atomic mass is 9.89. The number of amides is 1. The van der Waals surface area contributed by atoms with Gasteiger partial charge in [0.1, 0.15) is 30.2 Å². The Morgan fingerprint density at radius 2 is 2.22 bits per heavy atom. The molecule has 2 aliphatic heterocycles. The number of piperidine rings is 1. The number of hydrogen-bond donors (Lipinski definition) is 0. The second kappa shape index (κ2) is 9.17. The average molecular weight is 475 g/mol. The third-order valence-electron chi connectivity index (χ3n) is 5.17. The summed E-state index contributed by atoms with van der Waals surface area (Å²) in [6.45, 7) is -0.215. The van der Waals surface area contributed by atoms with Gasteiger partial charge in [0.2, 0.25) is 0 Å². The standard InChI is InChI=1S/C19H20F3N3O6S/c1-27-15-13(28-7-8-30-19(20,21)22)3-2-12(24-15)16(26)25-6-4-18(17-23-5-9-32-17)14(10-25)29-11-31-18/h2-3,5,9,14H,4,6-8,10-11H2,1H3. The smallest absolute Gasteiger partial charge is 0.486 e. The predicted molar refractivity (Wildman–Crippen MR) is 103 cm³/mol. The number of nitrogens with zero attached hydrogens (tertiary/aromatic N) is 3. The zero-order valence-electron chi connectivity index (χ0n) is 17.0. The second-order valence-electron chi connectivity index (χ2n) is 6.99. The third-order valence-corrected chi connectivity index (χ3v) is 6.10. The van der Waals surface area contributed by atoms with Crippen LogP contribution in [0.25, 0.3) is 0 Å². The van der Waals surface area contributed by atoms with E-state index in [0.717, 1.165) is 5.01 Å². The summed E-state index contributed by atoms with van der Waals surface area (Å²) in [7, 11) is 1.32. The quantitative estimate of drug-likeness (QED) is 0.565. The van der Waals surface area contributed by atoms with E-state index in [1.807, 2.05) is 5.38 Å². The minimum atomic E-state index is -4.73. The molecule has 0 bridgehead atoms. The number of halogens is 3. The number of rotatable bonds is 7. The van der Waals surface area contributed by atoms with Gasteiger partial charge in [-0.1, -0.05) is 0 Å². The average Bonchev–Trinajstić information content (AvgIpc) is 3.45. The van der Waals surface area contributed by atoms with Gasteiger partial charge >= 0.3 is 6.36 Å².